The second kappa shape index (κ2) is 5.27. The summed E-state index contributed by atoms with van der Waals surface area (Å²) in [6.07, 6.45) is 2.58. The minimum atomic E-state index is -0.356. The van der Waals surface area contributed by atoms with Crippen LogP contribution < -0.4 is 5.32 Å². The first-order valence-electron chi connectivity index (χ1n) is 7.75. The molecule has 118 valence electrons. The highest BCUT2D eigenvalue weighted by atomic mass is 16.3. The zero-order valence-electron chi connectivity index (χ0n) is 13.6. The highest BCUT2D eigenvalue weighted by Gasteiger charge is 2.44. The maximum Gasteiger partial charge on any atom is 0.143 e. The predicted molar refractivity (Wildman–Crippen MR) is 87.3 cm³/mol. The van der Waals surface area contributed by atoms with Crippen LogP contribution in [-0.2, 0) is 4.79 Å². The van der Waals surface area contributed by atoms with Crippen LogP contribution in [0.2, 0.25) is 0 Å². The van der Waals surface area contributed by atoms with Crippen LogP contribution in [0.4, 0.5) is 0 Å². The van der Waals surface area contributed by atoms with E-state index in [1.807, 2.05) is 20.8 Å². The monoisotopic (exact) mass is 308 g/mol. The average molecular weight is 308 g/mol. The summed E-state index contributed by atoms with van der Waals surface area (Å²) in [6.45, 7) is 5.96. The highest BCUT2D eigenvalue weighted by Crippen LogP contribution is 2.46. The molecule has 23 heavy (non-hydrogen) atoms. The van der Waals surface area contributed by atoms with E-state index in [1.165, 1.54) is 0 Å². The van der Waals surface area contributed by atoms with Crippen LogP contribution in [0.3, 0.4) is 0 Å². The number of phenols is 1. The maximum atomic E-state index is 12.8. The zero-order chi connectivity index (χ0) is 16.8. The molecule has 1 aromatic carbocycles. The lowest BCUT2D eigenvalue weighted by Crippen LogP contribution is -2.41. The van der Waals surface area contributed by atoms with Crippen LogP contribution in [0.1, 0.15) is 38.7 Å². The standard InChI is InChI=1S/C19H20N2O2/c1-11-14(10-20)17(12-4-6-13(22)7-5-12)18-15(21-11)8-19(2,3)9-16(18)23/h4-8,17-18,21-22H,9H2,1-3H3. The number of ketones is 1. The molecule has 2 atom stereocenters. The summed E-state index contributed by atoms with van der Waals surface area (Å²) in [5.41, 5.74) is 2.97. The Hall–Kier alpha value is -2.54. The van der Waals surface area contributed by atoms with E-state index in [-0.39, 0.29) is 28.8 Å². The van der Waals surface area contributed by atoms with Crippen LogP contribution in [-0.4, -0.2) is 10.9 Å². The molecule has 0 amide bonds. The molecule has 2 unspecified atom stereocenters. The third-order valence-corrected chi connectivity index (χ3v) is 4.61. The van der Waals surface area contributed by atoms with Gasteiger partial charge in [-0.1, -0.05) is 32.1 Å². The van der Waals surface area contributed by atoms with Gasteiger partial charge in [-0.25, -0.2) is 0 Å². The number of Topliss-reactive ketones (excluding diaryl/α,β-unsaturated/α-hetero) is 1. The van der Waals surface area contributed by atoms with E-state index in [0.717, 1.165) is 17.0 Å². The quantitative estimate of drug-likeness (QED) is 0.834. The lowest BCUT2D eigenvalue weighted by molar-refractivity contribution is -0.124. The van der Waals surface area contributed by atoms with Crippen molar-refractivity contribution >= 4 is 5.78 Å². The molecular formula is C19H20N2O2. The minimum Gasteiger partial charge on any atom is -0.508 e. The van der Waals surface area contributed by atoms with E-state index in [9.17, 15) is 15.2 Å². The summed E-state index contributed by atoms with van der Waals surface area (Å²) in [5.74, 6) is -0.324. The molecule has 2 N–H and O–H groups in total. The van der Waals surface area contributed by atoms with Crippen molar-refractivity contribution in [1.82, 2.24) is 5.32 Å². The first-order valence-corrected chi connectivity index (χ1v) is 7.75. The fourth-order valence-electron chi connectivity index (χ4n) is 3.65. The summed E-state index contributed by atoms with van der Waals surface area (Å²) in [7, 11) is 0. The van der Waals surface area contributed by atoms with Crippen molar-refractivity contribution in [2.75, 3.05) is 0 Å². The number of benzene rings is 1. The van der Waals surface area contributed by atoms with E-state index in [4.69, 9.17) is 0 Å². The van der Waals surface area contributed by atoms with Gasteiger partial charge in [-0.15, -0.1) is 0 Å². The van der Waals surface area contributed by atoms with Gasteiger partial charge in [0.1, 0.15) is 11.5 Å². The van der Waals surface area contributed by atoms with Gasteiger partial charge >= 0.3 is 0 Å². The van der Waals surface area contributed by atoms with E-state index >= 15 is 0 Å². The third kappa shape index (κ3) is 2.63. The van der Waals surface area contributed by atoms with Gasteiger partial charge in [-0.2, -0.15) is 5.26 Å². The second-order valence-electron chi connectivity index (χ2n) is 7.05. The number of carbonyl (C=O) groups excluding carboxylic acids is 1. The molecule has 0 bridgehead atoms. The van der Waals surface area contributed by atoms with Gasteiger partial charge in [0.2, 0.25) is 0 Å². The number of nitrogens with zero attached hydrogens (tertiary/aromatic N) is 1. The summed E-state index contributed by atoms with van der Waals surface area (Å²) in [5, 5.41) is 22.4. The number of carbonyl (C=O) groups is 1. The third-order valence-electron chi connectivity index (χ3n) is 4.61. The minimum absolute atomic E-state index is 0.151. The van der Waals surface area contributed by atoms with E-state index < -0.39 is 0 Å². The highest BCUT2D eigenvalue weighted by molar-refractivity contribution is 5.88. The molecule has 1 aliphatic carbocycles. The maximum absolute atomic E-state index is 12.8. The molecule has 0 saturated heterocycles. The number of fused-ring (bicyclic) bond motifs is 1. The molecule has 4 heteroatoms. The Kier molecular flexibility index (Phi) is 3.52. The lowest BCUT2D eigenvalue weighted by atomic mass is 9.66. The fourth-order valence-corrected chi connectivity index (χ4v) is 3.65. The molecule has 0 radical (unpaired) electrons. The van der Waals surface area contributed by atoms with Gasteiger partial charge in [0, 0.05) is 23.7 Å². The molecule has 1 heterocycles. The van der Waals surface area contributed by atoms with Gasteiger partial charge in [-0.3, -0.25) is 4.79 Å². The van der Waals surface area contributed by atoms with Crippen LogP contribution in [0.5, 0.6) is 5.75 Å². The lowest BCUT2D eigenvalue weighted by Gasteiger charge is -2.40. The van der Waals surface area contributed by atoms with Crippen molar-refractivity contribution in [1.29, 1.82) is 5.26 Å². The summed E-state index contributed by atoms with van der Waals surface area (Å²) >= 11 is 0. The second-order valence-corrected chi connectivity index (χ2v) is 7.05. The Morgan fingerprint density at radius 3 is 2.52 bits per heavy atom. The number of aromatic hydroxyl groups is 1. The molecule has 2 aliphatic rings. The van der Waals surface area contributed by atoms with Crippen molar-refractivity contribution in [3.05, 3.63) is 52.9 Å². The molecule has 0 spiro atoms. The Morgan fingerprint density at radius 1 is 1.26 bits per heavy atom. The van der Waals surface area contributed by atoms with E-state index in [1.54, 1.807) is 24.3 Å². The Balaban J connectivity index is 2.18. The smallest absolute Gasteiger partial charge is 0.143 e. The number of rotatable bonds is 1. The van der Waals surface area contributed by atoms with Gasteiger partial charge in [0.15, 0.2) is 0 Å². The van der Waals surface area contributed by atoms with Crippen molar-refractivity contribution in [3.63, 3.8) is 0 Å². The largest absolute Gasteiger partial charge is 0.508 e. The number of hydrogen-bond donors (Lipinski definition) is 2. The van der Waals surface area contributed by atoms with Crippen LogP contribution in [0.15, 0.2) is 47.3 Å². The number of nitrogens with one attached hydrogen (secondary N) is 1. The molecule has 1 aromatic rings. The molecule has 0 saturated carbocycles. The van der Waals surface area contributed by atoms with Gasteiger partial charge < -0.3 is 10.4 Å². The van der Waals surface area contributed by atoms with Gasteiger partial charge in [0.25, 0.3) is 0 Å². The van der Waals surface area contributed by atoms with Crippen molar-refractivity contribution < 1.29 is 9.90 Å². The first-order chi connectivity index (χ1) is 10.8. The topological polar surface area (TPSA) is 73.1 Å². The number of nitriles is 1. The average Bonchev–Trinajstić information content (AvgIpc) is 2.45. The van der Waals surface area contributed by atoms with Crippen LogP contribution in [0.25, 0.3) is 0 Å². The molecule has 3 rings (SSSR count). The Bertz CT molecular complexity index is 764. The fraction of sp³-hybridized carbons (Fsp3) is 0.368. The molecule has 0 fully saturated rings. The van der Waals surface area contributed by atoms with E-state index in [2.05, 4.69) is 17.5 Å². The van der Waals surface area contributed by atoms with Gasteiger partial charge in [-0.05, 0) is 30.0 Å². The zero-order valence-corrected chi connectivity index (χ0v) is 13.6. The summed E-state index contributed by atoms with van der Waals surface area (Å²) in [6, 6.07) is 9.05. The normalized spacial score (nSPS) is 26.0. The van der Waals surface area contributed by atoms with Gasteiger partial charge in [0.05, 0.1) is 17.6 Å². The number of hydrogen-bond acceptors (Lipinski definition) is 4. The number of phenolic OH excluding ortho intramolecular Hbond substituents is 1. The summed E-state index contributed by atoms with van der Waals surface area (Å²) < 4.78 is 0. The SMILES string of the molecule is CC1=C(C#N)C(c2ccc(O)cc2)C2C(=O)CC(C)(C)C=C2N1. The molecular weight excluding hydrogens is 288 g/mol. The Labute approximate surface area is 136 Å². The predicted octanol–water partition coefficient (Wildman–Crippen LogP) is 3.38. The van der Waals surface area contributed by atoms with Crippen molar-refractivity contribution in [2.24, 2.45) is 11.3 Å². The molecule has 4 nitrogen and oxygen atoms in total. The Morgan fingerprint density at radius 2 is 1.91 bits per heavy atom. The number of allylic oxidation sites excluding steroid dienone is 4. The summed E-state index contributed by atoms with van der Waals surface area (Å²) in [4.78, 5) is 12.8. The molecule has 1 aliphatic heterocycles. The van der Waals surface area contributed by atoms with Crippen molar-refractivity contribution in [3.8, 4) is 11.8 Å². The van der Waals surface area contributed by atoms with Crippen molar-refractivity contribution in [2.45, 2.75) is 33.1 Å². The van der Waals surface area contributed by atoms with E-state index in [0.29, 0.717) is 12.0 Å². The van der Waals surface area contributed by atoms with Crippen LogP contribution >= 0.6 is 0 Å². The molecule has 0 aromatic heterocycles. The van der Waals surface area contributed by atoms with Crippen LogP contribution in [0, 0.1) is 22.7 Å². The first kappa shape index (κ1) is 15.4.